The first-order chi connectivity index (χ1) is 39.5. The molecule has 25 heteroatoms. The van der Waals surface area contributed by atoms with Crippen molar-refractivity contribution in [2.75, 3.05) is 44.0 Å². The van der Waals surface area contributed by atoms with Gasteiger partial charge in [-0.2, -0.15) is 9.97 Å². The molecule has 0 radical (unpaired) electrons. The molecule has 4 heterocycles. The smallest absolute Gasteiger partial charge is 0.472 e. The Morgan fingerprint density at radius 3 is 1.70 bits per heavy atom. The molecule has 11 unspecified atom stereocenters. The number of aliphatic hydroxyl groups excluding tert-OH is 3. The van der Waals surface area contributed by atoms with Crippen molar-refractivity contribution >= 4 is 27.3 Å². The van der Waals surface area contributed by atoms with Crippen molar-refractivity contribution in [3.8, 4) is 0 Å². The number of aliphatic hydroxyl groups is 3. The van der Waals surface area contributed by atoms with Crippen molar-refractivity contribution in [1.29, 1.82) is 0 Å². The normalized spacial score (nSPS) is 22.3. The van der Waals surface area contributed by atoms with E-state index in [0.717, 1.165) is 66.7 Å². The molecular weight excluding hydrogens is 1110 g/mol. The third-order valence-electron chi connectivity index (χ3n) is 15.6. The van der Waals surface area contributed by atoms with Gasteiger partial charge in [-0.05, 0) is 18.9 Å². The van der Waals surface area contributed by atoms with E-state index in [9.17, 15) is 48.7 Å². The van der Waals surface area contributed by atoms with Gasteiger partial charge in [0, 0.05) is 31.7 Å². The van der Waals surface area contributed by atoms with Gasteiger partial charge in [-0.25, -0.2) is 18.5 Å². The van der Waals surface area contributed by atoms with Crippen LogP contribution in [0.15, 0.2) is 28.0 Å². The number of nitrogens with zero attached hydrogens (tertiary/aromatic N) is 4. The second-order valence-corrected chi connectivity index (χ2v) is 25.1. The lowest BCUT2D eigenvalue weighted by molar-refractivity contribution is -0.234. The third-order valence-corrected chi connectivity index (χ3v) is 17.1. The Bertz CT molecular complexity index is 2250. The molecule has 22 nitrogen and oxygen atoms in total. The minimum atomic E-state index is -5.73. The molecule has 4 rings (SSSR count). The number of nitrogens with two attached hydrogens (primary N) is 1. The number of hydrogen-bond donors (Lipinski definition) is 7. The minimum absolute atomic E-state index is 0.0787. The van der Waals surface area contributed by atoms with Gasteiger partial charge in [-0.3, -0.25) is 22.7 Å². The maximum Gasteiger partial charge on any atom is 0.472 e. The van der Waals surface area contributed by atoms with Crippen LogP contribution in [0, 0.1) is 11.7 Å². The number of rotatable bonds is 49. The standard InChI is InChI=1S/C57H103FN6O16P2/c1-3-5-7-9-11-13-15-17-19-21-23-25-27-29-31-33-36-60-54-44(58)40-64(57(69)62-54)50-39-45(66)47(78-50)42-76-82(73,74)77-43-48(75-38-34-32-30-28-26-24-22-20-18-16-14-12-10-8-6-4-2)53(80-81(70,71)72)51-46(41-65)79-55(52(51)67)63-37-35-49(59)61-56(63)68/h35,37,40,45-48,50-53,55,65-67H,3-34,36,38-39,41-43H2,1-2H3,(H,73,74)(H2,59,61,68)(H,60,62,69)(H2,70,71,72)/p-1. The van der Waals surface area contributed by atoms with Crippen LogP contribution in [0.2, 0.25) is 0 Å². The number of aromatic nitrogens is 4. The molecule has 2 aromatic heterocycles. The number of hydrogen-bond acceptors (Lipinski definition) is 18. The van der Waals surface area contributed by atoms with Gasteiger partial charge in [0.1, 0.15) is 36.5 Å². The predicted octanol–water partition coefficient (Wildman–Crippen LogP) is 10.0. The quantitative estimate of drug-likeness (QED) is 0.0239. The Morgan fingerprint density at radius 2 is 1.21 bits per heavy atom. The van der Waals surface area contributed by atoms with Gasteiger partial charge >= 0.3 is 19.2 Å². The number of nitrogen functional groups attached to an aromatic ring is 1. The lowest BCUT2D eigenvalue weighted by Crippen LogP contribution is -2.48. The second-order valence-electron chi connectivity index (χ2n) is 22.5. The van der Waals surface area contributed by atoms with E-state index in [1.54, 1.807) is 0 Å². The number of unbranched alkanes of at least 4 members (excludes halogenated alkanes) is 30. The predicted molar refractivity (Wildman–Crippen MR) is 310 cm³/mol. The molecule has 0 aliphatic carbocycles. The molecule has 0 bridgehead atoms. The molecule has 0 spiro atoms. The van der Waals surface area contributed by atoms with E-state index in [0.29, 0.717) is 19.4 Å². The van der Waals surface area contributed by atoms with E-state index in [-0.39, 0.29) is 24.7 Å². The zero-order chi connectivity index (χ0) is 59.6. The Kier molecular flexibility index (Phi) is 35.5. The summed E-state index contributed by atoms with van der Waals surface area (Å²) >= 11 is 0. The molecule has 8 N–H and O–H groups in total. The molecule has 0 aromatic carbocycles. The second kappa shape index (κ2) is 40.6. The summed E-state index contributed by atoms with van der Waals surface area (Å²) in [5, 5.41) is 35.8. The van der Waals surface area contributed by atoms with Crippen LogP contribution in [0.25, 0.3) is 0 Å². The fourth-order valence-electron chi connectivity index (χ4n) is 10.9. The van der Waals surface area contributed by atoms with Crippen LogP contribution in [0.3, 0.4) is 0 Å². The minimum Gasteiger partial charge on any atom is -0.756 e. The molecular formula is C57H102FN6O16P2-. The van der Waals surface area contributed by atoms with E-state index in [1.807, 2.05) is 0 Å². The highest BCUT2D eigenvalue weighted by atomic mass is 31.2. The van der Waals surface area contributed by atoms with E-state index < -0.39 is 108 Å². The summed E-state index contributed by atoms with van der Waals surface area (Å²) in [5.74, 6) is -2.77. The van der Waals surface area contributed by atoms with Gasteiger partial charge in [0.05, 0.1) is 38.2 Å². The van der Waals surface area contributed by atoms with E-state index >= 15 is 4.39 Å². The Balaban J connectivity index is 1.28. The number of phosphoric acid groups is 2. The molecule has 11 atom stereocenters. The fourth-order valence-corrected chi connectivity index (χ4v) is 12.2. The van der Waals surface area contributed by atoms with Gasteiger partial charge < -0.3 is 59.8 Å². The first kappa shape index (κ1) is 71.7. The van der Waals surface area contributed by atoms with Gasteiger partial charge in [0.15, 0.2) is 17.9 Å². The van der Waals surface area contributed by atoms with Crippen molar-refractivity contribution in [3.63, 3.8) is 0 Å². The van der Waals surface area contributed by atoms with Crippen molar-refractivity contribution in [1.82, 2.24) is 19.1 Å². The van der Waals surface area contributed by atoms with E-state index in [1.165, 1.54) is 154 Å². The average Bonchev–Trinajstić information content (AvgIpc) is 3.98. The van der Waals surface area contributed by atoms with Crippen molar-refractivity contribution in [2.45, 2.75) is 275 Å². The highest BCUT2D eigenvalue weighted by molar-refractivity contribution is 7.47. The van der Waals surface area contributed by atoms with Crippen molar-refractivity contribution in [2.24, 2.45) is 5.92 Å². The largest absolute Gasteiger partial charge is 0.756 e. The van der Waals surface area contributed by atoms with Crippen LogP contribution in [-0.2, 0) is 36.9 Å². The molecule has 0 saturated carbocycles. The number of phosphoric ester groups is 2. The zero-order valence-electron chi connectivity index (χ0n) is 49.2. The topological polar surface area (TPSA) is 322 Å². The molecule has 0 amide bonds. The Morgan fingerprint density at radius 1 is 0.720 bits per heavy atom. The summed E-state index contributed by atoms with van der Waals surface area (Å²) in [6, 6.07) is 1.24. The summed E-state index contributed by atoms with van der Waals surface area (Å²) < 4.78 is 76.3. The van der Waals surface area contributed by atoms with E-state index in [2.05, 4.69) is 29.1 Å². The van der Waals surface area contributed by atoms with E-state index in [4.69, 9.17) is 33.5 Å². The summed E-state index contributed by atoms with van der Waals surface area (Å²) in [6.07, 6.45) is 26.8. The number of ether oxygens (including phenoxy) is 3. The highest BCUT2D eigenvalue weighted by Gasteiger charge is 2.52. The van der Waals surface area contributed by atoms with Crippen LogP contribution >= 0.6 is 15.6 Å². The van der Waals surface area contributed by atoms with Gasteiger partial charge in [-0.1, -0.05) is 206 Å². The van der Waals surface area contributed by atoms with Crippen LogP contribution in [-0.4, -0.2) is 114 Å². The summed E-state index contributed by atoms with van der Waals surface area (Å²) in [6.45, 7) is 2.19. The first-order valence-corrected chi connectivity index (χ1v) is 34.1. The molecule has 2 aliphatic heterocycles. The SMILES string of the molecule is CCCCCCCCCCCCCCCCCCNc1nc(=O)n(C2CC(O)C(COP(=O)(O)OCC(OCCCCCCCCCCCCCCCCCC)C(OP(=O)([O-])O)C3C(CO)OC(n4ccc(N)nc4=O)C3O)O2)cc1F. The monoisotopic (exact) mass is 1210 g/mol. The molecule has 2 saturated heterocycles. The number of anilines is 2. The maximum atomic E-state index is 15.3. The van der Waals surface area contributed by atoms with Crippen molar-refractivity contribution < 1.29 is 71.3 Å². The molecule has 2 aromatic rings. The van der Waals surface area contributed by atoms with Crippen LogP contribution in [0.5, 0.6) is 0 Å². The summed E-state index contributed by atoms with van der Waals surface area (Å²) in [7, 11) is -10.9. The van der Waals surface area contributed by atoms with Crippen molar-refractivity contribution in [3.05, 3.63) is 45.2 Å². The van der Waals surface area contributed by atoms with Gasteiger partial charge in [0.25, 0.3) is 7.82 Å². The van der Waals surface area contributed by atoms with Gasteiger partial charge in [-0.15, -0.1) is 0 Å². The maximum absolute atomic E-state index is 15.3. The summed E-state index contributed by atoms with van der Waals surface area (Å²) in [4.78, 5) is 66.9. The van der Waals surface area contributed by atoms with Crippen LogP contribution in [0.1, 0.15) is 238 Å². The fraction of sp³-hybridized carbons (Fsp3) is 0.860. The van der Waals surface area contributed by atoms with Gasteiger partial charge in [0.2, 0.25) is 0 Å². The highest BCUT2D eigenvalue weighted by Crippen LogP contribution is 2.47. The number of halogens is 1. The Labute approximate surface area is 486 Å². The molecule has 474 valence electrons. The first-order valence-electron chi connectivity index (χ1n) is 31.1. The number of nitrogens with one attached hydrogen (secondary N) is 1. The zero-order valence-corrected chi connectivity index (χ0v) is 51.0. The summed E-state index contributed by atoms with van der Waals surface area (Å²) in [5.41, 5.74) is 3.84. The Hall–Kier alpha value is -2.73. The van der Waals surface area contributed by atoms with Crippen LogP contribution < -0.4 is 27.3 Å². The molecule has 2 fully saturated rings. The third kappa shape index (κ3) is 27.8. The lowest BCUT2D eigenvalue weighted by atomic mass is 9.89. The molecule has 82 heavy (non-hydrogen) atoms. The molecule has 2 aliphatic rings. The lowest BCUT2D eigenvalue weighted by Gasteiger charge is -2.36. The average molecular weight is 1210 g/mol. The van der Waals surface area contributed by atoms with Crippen LogP contribution in [0.4, 0.5) is 16.0 Å².